The molecule has 1 fully saturated rings. The van der Waals surface area contributed by atoms with Crippen LogP contribution < -0.4 is 9.80 Å². The lowest BCUT2D eigenvalue weighted by Crippen LogP contribution is -2.35. The van der Waals surface area contributed by atoms with Gasteiger partial charge in [-0.1, -0.05) is 29.0 Å². The van der Waals surface area contributed by atoms with Crippen molar-refractivity contribution < 1.29 is 4.79 Å². The third-order valence-corrected chi connectivity index (χ3v) is 7.55. The van der Waals surface area contributed by atoms with Crippen LogP contribution in [0.2, 0.25) is 0 Å². The van der Waals surface area contributed by atoms with E-state index < -0.39 is 0 Å². The molecule has 0 bridgehead atoms. The summed E-state index contributed by atoms with van der Waals surface area (Å²) in [5.41, 5.74) is 5.97. The first-order chi connectivity index (χ1) is 16.4. The Kier molecular flexibility index (Phi) is 6.00. The van der Waals surface area contributed by atoms with Crippen LogP contribution in [0.1, 0.15) is 28.0 Å². The second kappa shape index (κ2) is 9.10. The van der Waals surface area contributed by atoms with Crippen molar-refractivity contribution in [3.05, 3.63) is 65.4 Å². The number of carbonyl (C=O) groups excluding carboxylic acids is 1. The molecule has 0 saturated carbocycles. The van der Waals surface area contributed by atoms with Crippen molar-refractivity contribution in [2.24, 2.45) is 0 Å². The lowest BCUT2D eigenvalue weighted by Gasteiger charge is -2.22. The fraction of sp³-hybridized carbons (Fsp3) is 0.346. The molecule has 0 atom stereocenters. The van der Waals surface area contributed by atoms with Crippen LogP contribution in [0.3, 0.4) is 0 Å². The number of nitrogens with zero attached hydrogens (tertiary/aromatic N) is 6. The Balaban J connectivity index is 1.33. The maximum absolute atomic E-state index is 13.1. The molecule has 176 valence electrons. The number of hydrogen-bond donors (Lipinski definition) is 0. The summed E-state index contributed by atoms with van der Waals surface area (Å²) in [6, 6.07) is 16.2. The van der Waals surface area contributed by atoms with Gasteiger partial charge in [0, 0.05) is 51.5 Å². The molecule has 2 aromatic heterocycles. The largest absolute Gasteiger partial charge is 0.378 e. The van der Waals surface area contributed by atoms with Crippen LogP contribution in [-0.4, -0.2) is 65.8 Å². The van der Waals surface area contributed by atoms with Gasteiger partial charge >= 0.3 is 0 Å². The zero-order valence-corrected chi connectivity index (χ0v) is 21.0. The monoisotopic (exact) mass is 474 g/mol. The molecule has 5 rings (SSSR count). The van der Waals surface area contributed by atoms with E-state index in [9.17, 15) is 4.79 Å². The number of benzene rings is 2. The lowest BCUT2D eigenvalue weighted by atomic mass is 10.1. The molecule has 1 amide bonds. The first kappa shape index (κ1) is 22.4. The highest BCUT2D eigenvalue weighted by molar-refractivity contribution is 7.22. The molecule has 0 spiro atoms. The van der Waals surface area contributed by atoms with Gasteiger partial charge in [-0.25, -0.2) is 4.68 Å². The molecule has 2 aromatic carbocycles. The van der Waals surface area contributed by atoms with E-state index in [1.54, 1.807) is 11.3 Å². The number of rotatable bonds is 4. The number of anilines is 2. The van der Waals surface area contributed by atoms with Crippen LogP contribution in [-0.2, 0) is 0 Å². The van der Waals surface area contributed by atoms with Crippen molar-refractivity contribution in [3.8, 4) is 5.69 Å². The van der Waals surface area contributed by atoms with E-state index in [0.717, 1.165) is 64.2 Å². The Morgan fingerprint density at radius 1 is 0.941 bits per heavy atom. The molecule has 0 aliphatic carbocycles. The molecule has 0 radical (unpaired) electrons. The zero-order chi connectivity index (χ0) is 23.8. The van der Waals surface area contributed by atoms with Gasteiger partial charge in [0.2, 0.25) is 0 Å². The molecular weight excluding hydrogens is 444 g/mol. The SMILES string of the molecule is Cc1ccc(-n2nc(C)c3sc(N4CCCN(C(=O)c5ccc(N(C)C)cc5)CC4)nc32)cc1. The number of carbonyl (C=O) groups is 1. The number of aromatic nitrogens is 3. The van der Waals surface area contributed by atoms with Gasteiger partial charge in [0.25, 0.3) is 5.91 Å². The van der Waals surface area contributed by atoms with E-state index in [0.29, 0.717) is 6.54 Å². The van der Waals surface area contributed by atoms with Gasteiger partial charge in [-0.05, 0) is 56.7 Å². The Hall–Kier alpha value is -3.39. The van der Waals surface area contributed by atoms with Crippen molar-refractivity contribution in [2.75, 3.05) is 50.1 Å². The van der Waals surface area contributed by atoms with E-state index in [4.69, 9.17) is 10.1 Å². The summed E-state index contributed by atoms with van der Waals surface area (Å²) in [5, 5.41) is 5.73. The molecule has 8 heteroatoms. The minimum absolute atomic E-state index is 0.0994. The number of amides is 1. The van der Waals surface area contributed by atoms with Crippen LogP contribution in [0.5, 0.6) is 0 Å². The third-order valence-electron chi connectivity index (χ3n) is 6.34. The van der Waals surface area contributed by atoms with Crippen LogP contribution in [0.15, 0.2) is 48.5 Å². The van der Waals surface area contributed by atoms with Gasteiger partial charge in [0.15, 0.2) is 10.8 Å². The molecule has 3 heterocycles. The first-order valence-corrected chi connectivity index (χ1v) is 12.5. The minimum atomic E-state index is 0.0994. The second-order valence-electron chi connectivity index (χ2n) is 9.06. The molecule has 1 aliphatic heterocycles. The summed E-state index contributed by atoms with van der Waals surface area (Å²) < 4.78 is 3.06. The van der Waals surface area contributed by atoms with Gasteiger partial charge in [-0.2, -0.15) is 10.1 Å². The van der Waals surface area contributed by atoms with Crippen molar-refractivity contribution in [2.45, 2.75) is 20.3 Å². The predicted octanol–water partition coefficient (Wildman–Crippen LogP) is 4.52. The predicted molar refractivity (Wildman–Crippen MR) is 140 cm³/mol. The average Bonchev–Trinajstić information content (AvgIpc) is 3.30. The molecule has 4 aromatic rings. The Labute approximate surface area is 204 Å². The minimum Gasteiger partial charge on any atom is -0.378 e. The van der Waals surface area contributed by atoms with Crippen LogP contribution in [0.25, 0.3) is 16.0 Å². The molecule has 0 unspecified atom stereocenters. The van der Waals surface area contributed by atoms with Crippen molar-refractivity contribution in [1.29, 1.82) is 0 Å². The van der Waals surface area contributed by atoms with Gasteiger partial charge in [-0.3, -0.25) is 4.79 Å². The van der Waals surface area contributed by atoms with Crippen molar-refractivity contribution in [3.63, 3.8) is 0 Å². The average molecular weight is 475 g/mol. The number of thiazole rings is 1. The third kappa shape index (κ3) is 4.25. The Morgan fingerprint density at radius 3 is 2.38 bits per heavy atom. The molecule has 7 nitrogen and oxygen atoms in total. The van der Waals surface area contributed by atoms with E-state index in [1.807, 2.05) is 59.8 Å². The van der Waals surface area contributed by atoms with Crippen molar-refractivity contribution in [1.82, 2.24) is 19.7 Å². The maximum atomic E-state index is 13.1. The van der Waals surface area contributed by atoms with Gasteiger partial charge < -0.3 is 14.7 Å². The molecule has 34 heavy (non-hydrogen) atoms. The topological polar surface area (TPSA) is 57.5 Å². The van der Waals surface area contributed by atoms with Crippen LogP contribution in [0, 0.1) is 13.8 Å². The fourth-order valence-corrected chi connectivity index (χ4v) is 5.36. The lowest BCUT2D eigenvalue weighted by molar-refractivity contribution is 0.0767. The summed E-state index contributed by atoms with van der Waals surface area (Å²) in [6.45, 7) is 7.23. The summed E-state index contributed by atoms with van der Waals surface area (Å²) >= 11 is 1.69. The van der Waals surface area contributed by atoms with E-state index >= 15 is 0 Å². The quantitative estimate of drug-likeness (QED) is 0.435. The normalized spacial score (nSPS) is 14.5. The highest BCUT2D eigenvalue weighted by Crippen LogP contribution is 2.33. The van der Waals surface area contributed by atoms with Crippen LogP contribution >= 0.6 is 11.3 Å². The zero-order valence-electron chi connectivity index (χ0n) is 20.2. The number of fused-ring (bicyclic) bond motifs is 1. The summed E-state index contributed by atoms with van der Waals surface area (Å²) in [4.78, 5) is 24.4. The first-order valence-electron chi connectivity index (χ1n) is 11.7. The summed E-state index contributed by atoms with van der Waals surface area (Å²) in [5.74, 6) is 0.0994. The highest BCUT2D eigenvalue weighted by atomic mass is 32.1. The van der Waals surface area contributed by atoms with E-state index in [-0.39, 0.29) is 5.91 Å². The Morgan fingerprint density at radius 2 is 1.68 bits per heavy atom. The number of hydrogen-bond acceptors (Lipinski definition) is 6. The highest BCUT2D eigenvalue weighted by Gasteiger charge is 2.24. The summed E-state index contributed by atoms with van der Waals surface area (Å²) in [7, 11) is 4.00. The van der Waals surface area contributed by atoms with Gasteiger partial charge in [0.1, 0.15) is 0 Å². The summed E-state index contributed by atoms with van der Waals surface area (Å²) in [6.07, 6.45) is 0.917. The maximum Gasteiger partial charge on any atom is 0.253 e. The smallest absolute Gasteiger partial charge is 0.253 e. The van der Waals surface area contributed by atoms with E-state index in [1.165, 1.54) is 5.56 Å². The van der Waals surface area contributed by atoms with Crippen molar-refractivity contribution >= 4 is 38.4 Å². The molecule has 1 aliphatic rings. The molecular formula is C26H30N6OS. The van der Waals surface area contributed by atoms with E-state index in [2.05, 4.69) is 36.1 Å². The van der Waals surface area contributed by atoms with Crippen LogP contribution in [0.4, 0.5) is 10.8 Å². The second-order valence-corrected chi connectivity index (χ2v) is 10.0. The molecule has 0 N–H and O–H groups in total. The fourth-order valence-electron chi connectivity index (χ4n) is 4.32. The number of aryl methyl sites for hydroxylation is 2. The molecule has 1 saturated heterocycles. The standard InChI is InChI=1S/C26H30N6OS/c1-18-6-10-22(11-7-18)32-24-23(19(2)28-32)34-26(27-24)31-15-5-14-30(16-17-31)25(33)20-8-12-21(13-9-20)29(3)4/h6-13H,5,14-17H2,1-4H3. The van der Waals surface area contributed by atoms with Gasteiger partial charge in [0.05, 0.1) is 16.1 Å². The van der Waals surface area contributed by atoms with Gasteiger partial charge in [-0.15, -0.1) is 0 Å². The Bertz CT molecular complexity index is 1310.